The summed E-state index contributed by atoms with van der Waals surface area (Å²) in [4.78, 5) is 0.203. The van der Waals surface area contributed by atoms with Gasteiger partial charge < -0.3 is 4.43 Å². The number of rotatable bonds is 11. The van der Waals surface area contributed by atoms with Gasteiger partial charge in [0.05, 0.1) is 11.5 Å². The van der Waals surface area contributed by atoms with Crippen LogP contribution in [-0.2, 0) is 18.7 Å². The van der Waals surface area contributed by atoms with Gasteiger partial charge in [0.1, 0.15) is 0 Å². The Labute approximate surface area is 215 Å². The minimum absolute atomic E-state index is 0.0224. The molecule has 0 aliphatic heterocycles. The monoisotopic (exact) mass is 528 g/mol. The Morgan fingerprint density at radius 1 is 1.03 bits per heavy atom. The largest absolute Gasteiger partial charge is 0.416 e. The molecule has 3 atom stereocenters. The molecule has 34 heavy (non-hydrogen) atoms. The van der Waals surface area contributed by atoms with Crippen molar-refractivity contribution in [2.75, 3.05) is 13.2 Å². The Kier molecular flexibility index (Phi) is 11.2. The van der Waals surface area contributed by atoms with Crippen molar-refractivity contribution >= 4 is 30.2 Å². The van der Waals surface area contributed by atoms with Crippen LogP contribution in [0.2, 0.25) is 18.1 Å². The van der Waals surface area contributed by atoms with E-state index in [1.54, 1.807) is 24.3 Å². The van der Waals surface area contributed by atoms with Crippen molar-refractivity contribution in [1.29, 1.82) is 0 Å². The summed E-state index contributed by atoms with van der Waals surface area (Å²) in [6.07, 6.45) is 2.29. The van der Waals surface area contributed by atoms with E-state index >= 15 is 0 Å². The lowest BCUT2D eigenvalue weighted by Gasteiger charge is -2.37. The molecule has 7 heteroatoms. The lowest BCUT2D eigenvalue weighted by Crippen LogP contribution is -2.41. The predicted octanol–water partition coefficient (Wildman–Crippen LogP) is 7.84. The van der Waals surface area contributed by atoms with E-state index in [1.165, 1.54) is 5.57 Å². The first-order valence-corrected chi connectivity index (χ1v) is 17.4. The Morgan fingerprint density at radius 3 is 2.03 bits per heavy atom. The van der Waals surface area contributed by atoms with Crippen LogP contribution in [0.15, 0.2) is 40.8 Å². The highest BCUT2D eigenvalue weighted by atomic mass is 32.2. The van der Waals surface area contributed by atoms with Crippen LogP contribution in [-0.4, -0.2) is 39.9 Å². The molecule has 0 heterocycles. The molecular formula is C27H48O4S2Si. The third-order valence-corrected chi connectivity index (χ3v) is 13.9. The van der Waals surface area contributed by atoms with Crippen molar-refractivity contribution in [3.63, 3.8) is 0 Å². The fraction of sp³-hybridized carbons (Fsp3) is 0.704. The molecule has 0 radical (unpaired) electrons. The molecule has 0 amide bonds. The highest BCUT2D eigenvalue weighted by molar-refractivity contribution is 8.01. The molecule has 0 N–H and O–H groups in total. The quantitative estimate of drug-likeness (QED) is 0.166. The van der Waals surface area contributed by atoms with E-state index in [2.05, 4.69) is 81.5 Å². The standard InChI is InChI=1S/C27H48O4S2Si/c1-20-13-15-24(16-14-20)33(28,29)30-19-23(4)25(32-26(5,6)7)22(3)17-21(2)18-31-34(11,12)27(8,9)10/h13-17,21,23,25H,18-19H2,1-12H3/b22-17+/t21-,23-,25+/m0/s1. The van der Waals surface area contributed by atoms with Gasteiger partial charge in [0.25, 0.3) is 10.1 Å². The minimum Gasteiger partial charge on any atom is -0.416 e. The molecule has 0 saturated carbocycles. The highest BCUT2D eigenvalue weighted by Gasteiger charge is 2.37. The van der Waals surface area contributed by atoms with Gasteiger partial charge >= 0.3 is 0 Å². The number of benzene rings is 1. The van der Waals surface area contributed by atoms with Crippen molar-refractivity contribution in [3.05, 3.63) is 41.5 Å². The number of hydrogen-bond acceptors (Lipinski definition) is 5. The van der Waals surface area contributed by atoms with E-state index in [1.807, 2.05) is 18.7 Å². The van der Waals surface area contributed by atoms with Crippen molar-refractivity contribution in [2.24, 2.45) is 11.8 Å². The molecule has 0 aliphatic carbocycles. The average molecular weight is 529 g/mol. The van der Waals surface area contributed by atoms with E-state index < -0.39 is 18.4 Å². The van der Waals surface area contributed by atoms with Gasteiger partial charge in [-0.1, -0.05) is 84.7 Å². The van der Waals surface area contributed by atoms with E-state index in [9.17, 15) is 8.42 Å². The van der Waals surface area contributed by atoms with Crippen LogP contribution in [0.4, 0.5) is 0 Å². The minimum atomic E-state index is -3.78. The normalized spacial score (nSPS) is 16.9. The second-order valence-electron chi connectivity index (χ2n) is 12.1. The molecule has 1 aromatic rings. The molecule has 0 saturated heterocycles. The molecule has 0 unspecified atom stereocenters. The molecule has 0 bridgehead atoms. The van der Waals surface area contributed by atoms with Gasteiger partial charge in [0, 0.05) is 16.6 Å². The highest BCUT2D eigenvalue weighted by Crippen LogP contribution is 2.38. The van der Waals surface area contributed by atoms with Crippen molar-refractivity contribution in [3.8, 4) is 0 Å². The van der Waals surface area contributed by atoms with Crippen molar-refractivity contribution in [2.45, 2.75) is 102 Å². The van der Waals surface area contributed by atoms with Gasteiger partial charge in [-0.3, -0.25) is 4.18 Å². The van der Waals surface area contributed by atoms with Gasteiger partial charge in [0.15, 0.2) is 8.32 Å². The first-order valence-electron chi connectivity index (χ1n) is 12.2. The number of hydrogen-bond donors (Lipinski definition) is 0. The summed E-state index contributed by atoms with van der Waals surface area (Å²) < 4.78 is 37.4. The average Bonchev–Trinajstić information content (AvgIpc) is 2.67. The predicted molar refractivity (Wildman–Crippen MR) is 151 cm³/mol. The van der Waals surface area contributed by atoms with Crippen LogP contribution < -0.4 is 0 Å². The molecule has 1 rings (SSSR count). The molecule has 196 valence electrons. The summed E-state index contributed by atoms with van der Waals surface area (Å²) in [5.74, 6) is 0.302. The maximum atomic E-state index is 12.7. The topological polar surface area (TPSA) is 52.6 Å². The van der Waals surface area contributed by atoms with E-state index in [0.29, 0.717) is 6.61 Å². The third kappa shape index (κ3) is 10.2. The number of thioether (sulfide) groups is 1. The molecule has 0 spiro atoms. The first kappa shape index (κ1) is 31.4. The fourth-order valence-electron chi connectivity index (χ4n) is 3.24. The molecule has 1 aromatic carbocycles. The van der Waals surface area contributed by atoms with E-state index in [4.69, 9.17) is 8.61 Å². The third-order valence-electron chi connectivity index (χ3n) is 6.30. The maximum absolute atomic E-state index is 12.7. The summed E-state index contributed by atoms with van der Waals surface area (Å²) in [7, 11) is -5.58. The summed E-state index contributed by atoms with van der Waals surface area (Å²) in [5.41, 5.74) is 2.26. The van der Waals surface area contributed by atoms with Crippen LogP contribution in [0.5, 0.6) is 0 Å². The zero-order valence-corrected chi connectivity index (χ0v) is 26.1. The van der Waals surface area contributed by atoms with Crippen LogP contribution in [0.3, 0.4) is 0 Å². The molecule has 0 fully saturated rings. The summed E-state index contributed by atoms with van der Waals surface area (Å²) >= 11 is 1.86. The smallest absolute Gasteiger partial charge is 0.296 e. The second kappa shape index (κ2) is 12.1. The Balaban J connectivity index is 2.96. The van der Waals surface area contributed by atoms with E-state index in [0.717, 1.165) is 5.56 Å². The first-order chi connectivity index (χ1) is 15.2. The molecular weight excluding hydrogens is 481 g/mol. The zero-order chi connectivity index (χ0) is 26.5. The Hall–Kier alpha value is -0.603. The van der Waals surface area contributed by atoms with Gasteiger partial charge in [-0.05, 0) is 55.9 Å². The van der Waals surface area contributed by atoms with Crippen LogP contribution in [0, 0.1) is 18.8 Å². The van der Waals surface area contributed by atoms with Gasteiger partial charge in [0.2, 0.25) is 0 Å². The zero-order valence-electron chi connectivity index (χ0n) is 23.5. The lowest BCUT2D eigenvalue weighted by atomic mass is 9.99. The van der Waals surface area contributed by atoms with E-state index in [-0.39, 0.29) is 38.4 Å². The molecule has 4 nitrogen and oxygen atoms in total. The maximum Gasteiger partial charge on any atom is 0.296 e. The lowest BCUT2D eigenvalue weighted by molar-refractivity contribution is 0.257. The molecule has 0 aromatic heterocycles. The summed E-state index contributed by atoms with van der Waals surface area (Å²) in [5, 5.41) is 0.328. The summed E-state index contributed by atoms with van der Waals surface area (Å²) in [6.45, 7) is 27.1. The van der Waals surface area contributed by atoms with Crippen LogP contribution in [0.25, 0.3) is 0 Å². The molecule has 0 aliphatic rings. The van der Waals surface area contributed by atoms with Crippen LogP contribution >= 0.6 is 11.8 Å². The number of aryl methyl sites for hydroxylation is 1. The van der Waals surface area contributed by atoms with Gasteiger partial charge in [-0.25, -0.2) is 0 Å². The summed E-state index contributed by atoms with van der Waals surface area (Å²) in [6, 6.07) is 6.79. The Bertz CT molecular complexity index is 907. The van der Waals surface area contributed by atoms with Crippen molar-refractivity contribution < 1.29 is 17.0 Å². The van der Waals surface area contributed by atoms with Gasteiger partial charge in [-0.15, -0.1) is 11.8 Å². The van der Waals surface area contributed by atoms with Gasteiger partial charge in [-0.2, -0.15) is 8.42 Å². The SMILES string of the molecule is C/C(=C\[C@H](C)CO[Si](C)(C)C(C)(C)C)[C@@H](SC(C)(C)C)[C@@H](C)COS(=O)(=O)c1ccc(C)cc1. The Morgan fingerprint density at radius 2 is 1.56 bits per heavy atom. The van der Waals surface area contributed by atoms with Crippen LogP contribution in [0.1, 0.15) is 67.9 Å². The fourth-order valence-corrected chi connectivity index (χ4v) is 6.69. The second-order valence-corrected chi connectivity index (χ2v) is 20.5. The van der Waals surface area contributed by atoms with Crippen molar-refractivity contribution in [1.82, 2.24) is 0 Å².